The zero-order valence-corrected chi connectivity index (χ0v) is 15.1. The van der Waals surface area contributed by atoms with Crippen LogP contribution in [0.3, 0.4) is 0 Å². The minimum absolute atomic E-state index is 0.238. The van der Waals surface area contributed by atoms with Crippen LogP contribution in [0.5, 0.6) is 0 Å². The molecule has 0 saturated heterocycles. The Morgan fingerprint density at radius 3 is 2.69 bits per heavy atom. The molecule has 4 nitrogen and oxygen atoms in total. The molecule has 6 heteroatoms. The van der Waals surface area contributed by atoms with Gasteiger partial charge in [-0.05, 0) is 48.4 Å². The number of hydrogen-bond acceptors (Lipinski definition) is 3. The summed E-state index contributed by atoms with van der Waals surface area (Å²) in [5, 5.41) is 10.4. The Kier molecular flexibility index (Phi) is 4.31. The van der Waals surface area contributed by atoms with Crippen LogP contribution in [0.15, 0.2) is 54.6 Å². The second-order valence-corrected chi connectivity index (χ2v) is 6.91. The second-order valence-electron chi connectivity index (χ2n) is 6.06. The van der Waals surface area contributed by atoms with Crippen LogP contribution in [-0.4, -0.2) is 22.6 Å². The highest BCUT2D eigenvalue weighted by atomic mass is 35.5. The molecule has 3 aromatic rings. The molecular weight excluding hydrogens is 371 g/mol. The normalized spacial score (nSPS) is 12.9. The lowest BCUT2D eigenvalue weighted by Crippen LogP contribution is -2.15. The molecule has 0 radical (unpaired) electrons. The average Bonchev–Trinajstić information content (AvgIpc) is 3.05. The molecule has 0 atom stereocenters. The summed E-state index contributed by atoms with van der Waals surface area (Å²) >= 11 is 12.4. The fraction of sp³-hybridized carbons (Fsp3) is 0.100. The average molecular weight is 385 g/mol. The number of pyridine rings is 1. The van der Waals surface area contributed by atoms with Crippen LogP contribution in [-0.2, 0) is 6.42 Å². The fourth-order valence-electron chi connectivity index (χ4n) is 3.15. The van der Waals surface area contributed by atoms with Crippen molar-refractivity contribution in [3.63, 3.8) is 0 Å². The first-order valence-electron chi connectivity index (χ1n) is 8.09. The number of nitrogens with zero attached hydrogens (tertiary/aromatic N) is 2. The Bertz CT molecular complexity index is 1020. The molecule has 1 aliphatic rings. The lowest BCUT2D eigenvalue weighted by Gasteiger charge is -2.20. The largest absolute Gasteiger partial charge is 0.478 e. The number of carboxylic acids is 1. The zero-order chi connectivity index (χ0) is 18.3. The Morgan fingerprint density at radius 1 is 1.08 bits per heavy atom. The highest BCUT2D eigenvalue weighted by molar-refractivity contribution is 6.36. The number of hydrogen-bond donors (Lipinski definition) is 1. The minimum atomic E-state index is -0.956. The maximum absolute atomic E-state index is 11.2. The van der Waals surface area contributed by atoms with Gasteiger partial charge in [0.1, 0.15) is 5.82 Å². The molecule has 0 saturated carbocycles. The van der Waals surface area contributed by atoms with Crippen LogP contribution < -0.4 is 4.90 Å². The van der Waals surface area contributed by atoms with Crippen molar-refractivity contribution in [1.82, 2.24) is 4.98 Å². The molecule has 0 fully saturated rings. The Morgan fingerprint density at radius 2 is 1.92 bits per heavy atom. The van der Waals surface area contributed by atoms with E-state index in [4.69, 9.17) is 28.2 Å². The summed E-state index contributed by atoms with van der Waals surface area (Å²) in [6.07, 6.45) is 0.872. The van der Waals surface area contributed by atoms with E-state index in [1.807, 2.05) is 24.3 Å². The van der Waals surface area contributed by atoms with Crippen LogP contribution in [0.2, 0.25) is 10.0 Å². The van der Waals surface area contributed by atoms with E-state index in [0.29, 0.717) is 10.0 Å². The smallest absolute Gasteiger partial charge is 0.335 e. The number of benzene rings is 2. The van der Waals surface area contributed by atoms with Gasteiger partial charge in [-0.25, -0.2) is 9.78 Å². The van der Waals surface area contributed by atoms with Crippen molar-refractivity contribution in [2.75, 3.05) is 11.4 Å². The molecule has 2 heterocycles. The van der Waals surface area contributed by atoms with Gasteiger partial charge < -0.3 is 10.0 Å². The molecular formula is C20H14Cl2N2O2. The van der Waals surface area contributed by atoms with Gasteiger partial charge in [-0.3, -0.25) is 0 Å². The first-order valence-corrected chi connectivity index (χ1v) is 8.85. The van der Waals surface area contributed by atoms with E-state index in [0.717, 1.165) is 41.3 Å². The van der Waals surface area contributed by atoms with Crippen molar-refractivity contribution in [3.05, 3.63) is 75.8 Å². The molecule has 0 bridgehead atoms. The lowest BCUT2D eigenvalue weighted by atomic mass is 10.1. The minimum Gasteiger partial charge on any atom is -0.478 e. The second kappa shape index (κ2) is 6.63. The first-order chi connectivity index (χ1) is 12.5. The van der Waals surface area contributed by atoms with Crippen molar-refractivity contribution in [3.8, 4) is 11.3 Å². The standard InChI is InChI=1S/C20H14Cl2N2O2/c21-15-5-7-18(16(22)11-15)24-9-8-12-4-6-17(23-19(12)24)13-2-1-3-14(10-13)20(25)26/h1-7,10-11H,8-9H2,(H,25,26). The van der Waals surface area contributed by atoms with E-state index in [2.05, 4.69) is 4.90 Å². The van der Waals surface area contributed by atoms with Crippen LogP contribution in [0, 0.1) is 0 Å². The summed E-state index contributed by atoms with van der Waals surface area (Å²) in [6.45, 7) is 0.780. The third-order valence-corrected chi connectivity index (χ3v) is 4.96. The Labute approximate surface area is 160 Å². The Balaban J connectivity index is 1.77. The molecule has 2 aromatic carbocycles. The SMILES string of the molecule is O=C(O)c1cccc(-c2ccc3c(n2)N(c2ccc(Cl)cc2Cl)CC3)c1. The number of fused-ring (bicyclic) bond motifs is 1. The van der Waals surface area contributed by atoms with Gasteiger partial charge in [-0.1, -0.05) is 41.4 Å². The number of carboxylic acid groups (broad SMARTS) is 1. The van der Waals surface area contributed by atoms with Gasteiger partial charge >= 0.3 is 5.97 Å². The summed E-state index contributed by atoms with van der Waals surface area (Å²) in [4.78, 5) is 18.1. The quantitative estimate of drug-likeness (QED) is 0.652. The van der Waals surface area contributed by atoms with Crippen molar-refractivity contribution in [2.45, 2.75) is 6.42 Å². The molecule has 0 amide bonds. The maximum Gasteiger partial charge on any atom is 0.335 e. The molecule has 130 valence electrons. The summed E-state index contributed by atoms with van der Waals surface area (Å²) in [5.74, 6) is -0.116. The predicted molar refractivity (Wildman–Crippen MR) is 104 cm³/mol. The third kappa shape index (κ3) is 3.02. The molecule has 4 rings (SSSR count). The first kappa shape index (κ1) is 16.9. The molecule has 0 aliphatic carbocycles. The van der Waals surface area contributed by atoms with E-state index in [1.165, 1.54) is 0 Å². The van der Waals surface area contributed by atoms with Crippen LogP contribution >= 0.6 is 23.2 Å². The van der Waals surface area contributed by atoms with Gasteiger partial charge in [-0.15, -0.1) is 0 Å². The number of rotatable bonds is 3. The molecule has 0 unspecified atom stereocenters. The van der Waals surface area contributed by atoms with Crippen LogP contribution in [0.1, 0.15) is 15.9 Å². The summed E-state index contributed by atoms with van der Waals surface area (Å²) in [6, 6.07) is 16.2. The number of aromatic carboxylic acids is 1. The van der Waals surface area contributed by atoms with Gasteiger partial charge in [0.05, 0.1) is 22.0 Å². The van der Waals surface area contributed by atoms with Gasteiger partial charge in [0.15, 0.2) is 0 Å². The Hall–Kier alpha value is -2.56. The summed E-state index contributed by atoms with van der Waals surface area (Å²) < 4.78 is 0. The number of aromatic nitrogens is 1. The number of carbonyl (C=O) groups is 1. The predicted octanol–water partition coefficient (Wildman–Crippen LogP) is 5.45. The number of anilines is 2. The molecule has 0 spiro atoms. The monoisotopic (exact) mass is 384 g/mol. The van der Waals surface area contributed by atoms with Gasteiger partial charge in [0.25, 0.3) is 0 Å². The summed E-state index contributed by atoms with van der Waals surface area (Å²) in [7, 11) is 0. The van der Waals surface area contributed by atoms with E-state index >= 15 is 0 Å². The molecule has 1 aromatic heterocycles. The van der Waals surface area contributed by atoms with Gasteiger partial charge in [-0.2, -0.15) is 0 Å². The van der Waals surface area contributed by atoms with Crippen molar-refractivity contribution < 1.29 is 9.90 Å². The lowest BCUT2D eigenvalue weighted by molar-refractivity contribution is 0.0697. The third-order valence-electron chi connectivity index (χ3n) is 4.42. The highest BCUT2D eigenvalue weighted by Gasteiger charge is 2.24. The fourth-order valence-corrected chi connectivity index (χ4v) is 3.66. The maximum atomic E-state index is 11.2. The highest BCUT2D eigenvalue weighted by Crippen LogP contribution is 2.39. The summed E-state index contributed by atoms with van der Waals surface area (Å²) in [5.41, 5.74) is 3.72. The van der Waals surface area contributed by atoms with Crippen molar-refractivity contribution >= 4 is 40.7 Å². The van der Waals surface area contributed by atoms with Crippen LogP contribution in [0.25, 0.3) is 11.3 Å². The van der Waals surface area contributed by atoms with E-state index in [-0.39, 0.29) is 5.56 Å². The van der Waals surface area contributed by atoms with Crippen LogP contribution in [0.4, 0.5) is 11.5 Å². The molecule has 1 aliphatic heterocycles. The van der Waals surface area contributed by atoms with E-state index in [9.17, 15) is 9.90 Å². The van der Waals surface area contributed by atoms with E-state index < -0.39 is 5.97 Å². The van der Waals surface area contributed by atoms with E-state index in [1.54, 1.807) is 30.3 Å². The zero-order valence-electron chi connectivity index (χ0n) is 13.6. The topological polar surface area (TPSA) is 53.4 Å². The number of halogens is 2. The molecule has 26 heavy (non-hydrogen) atoms. The van der Waals surface area contributed by atoms with Gasteiger partial charge in [0, 0.05) is 17.1 Å². The van der Waals surface area contributed by atoms with Crippen molar-refractivity contribution in [2.24, 2.45) is 0 Å². The van der Waals surface area contributed by atoms with Gasteiger partial charge in [0.2, 0.25) is 0 Å². The van der Waals surface area contributed by atoms with Crippen molar-refractivity contribution in [1.29, 1.82) is 0 Å². The molecule has 1 N–H and O–H groups in total.